The van der Waals surface area contributed by atoms with Crippen molar-refractivity contribution >= 4 is 22.8 Å². The van der Waals surface area contributed by atoms with Crippen LogP contribution in [0.25, 0.3) is 22.3 Å². The zero-order chi connectivity index (χ0) is 21.9. The van der Waals surface area contributed by atoms with E-state index >= 15 is 0 Å². The lowest BCUT2D eigenvalue weighted by Crippen LogP contribution is -2.48. The predicted octanol–water partition coefficient (Wildman–Crippen LogP) is 2.01. The fourth-order valence-electron chi connectivity index (χ4n) is 4.34. The molecular weight excluding hydrogens is 400 g/mol. The highest BCUT2D eigenvalue weighted by Crippen LogP contribution is 2.41. The highest BCUT2D eigenvalue weighted by molar-refractivity contribution is 5.89. The molecule has 3 aromatic rings. The van der Waals surface area contributed by atoms with Crippen molar-refractivity contribution < 1.29 is 24.2 Å². The van der Waals surface area contributed by atoms with E-state index in [1.165, 1.54) is 6.92 Å². The molecule has 1 aromatic carbocycles. The third-order valence-electron chi connectivity index (χ3n) is 6.00. The standard InChI is InChI=1S/C23H20N2O6/c1-3-23(31-21(28)12(2)26)16-9-18-19-14(8-13-6-4-5-7-17(13)24-19)10-25(18)20(27)15(16)11-30-22(23)29/h4-9,12,26H,3,10-11H2,1-2H3/t12?,23-/m0/s1. The van der Waals surface area contributed by atoms with Gasteiger partial charge in [0, 0.05) is 16.5 Å². The van der Waals surface area contributed by atoms with E-state index in [1.54, 1.807) is 17.6 Å². The summed E-state index contributed by atoms with van der Waals surface area (Å²) < 4.78 is 12.3. The van der Waals surface area contributed by atoms with Crippen molar-refractivity contribution in [2.24, 2.45) is 0 Å². The molecule has 2 atom stereocenters. The van der Waals surface area contributed by atoms with Crippen molar-refractivity contribution in [3.63, 3.8) is 0 Å². The second-order valence-corrected chi connectivity index (χ2v) is 7.86. The maximum absolute atomic E-state index is 13.4. The summed E-state index contributed by atoms with van der Waals surface area (Å²) >= 11 is 0. The number of cyclic esters (lactones) is 1. The number of hydrogen-bond donors (Lipinski definition) is 1. The Morgan fingerprint density at radius 2 is 2.10 bits per heavy atom. The number of aliphatic hydroxyl groups is 1. The maximum Gasteiger partial charge on any atom is 0.355 e. The van der Waals surface area contributed by atoms with Crippen LogP contribution in [0, 0.1) is 0 Å². The summed E-state index contributed by atoms with van der Waals surface area (Å²) in [5.41, 5.74) is 1.36. The van der Waals surface area contributed by atoms with Crippen LogP contribution in [0.5, 0.6) is 0 Å². The van der Waals surface area contributed by atoms with Gasteiger partial charge in [-0.15, -0.1) is 0 Å². The largest absolute Gasteiger partial charge is 0.457 e. The number of aromatic nitrogens is 2. The minimum absolute atomic E-state index is 0.0538. The molecule has 0 saturated carbocycles. The van der Waals surface area contributed by atoms with Crippen LogP contribution in [0.2, 0.25) is 0 Å². The first-order valence-corrected chi connectivity index (χ1v) is 10.1. The Kier molecular flexibility index (Phi) is 4.23. The Bertz CT molecular complexity index is 1330. The smallest absolute Gasteiger partial charge is 0.355 e. The summed E-state index contributed by atoms with van der Waals surface area (Å²) in [6.07, 6.45) is -1.37. The number of rotatable bonds is 3. The molecule has 1 N–H and O–H groups in total. The number of aliphatic hydroxyl groups excluding tert-OH is 1. The molecule has 1 unspecified atom stereocenters. The molecule has 8 nitrogen and oxygen atoms in total. The summed E-state index contributed by atoms with van der Waals surface area (Å²) in [7, 11) is 0. The summed E-state index contributed by atoms with van der Waals surface area (Å²) in [6, 6.07) is 11.4. The Hall–Kier alpha value is -3.52. The molecule has 0 fully saturated rings. The number of benzene rings is 1. The molecule has 0 bridgehead atoms. The second kappa shape index (κ2) is 6.75. The number of carbonyl (C=O) groups excluding carboxylic acids is 2. The van der Waals surface area contributed by atoms with Gasteiger partial charge in [-0.3, -0.25) is 4.79 Å². The van der Waals surface area contributed by atoms with Gasteiger partial charge in [0.15, 0.2) is 0 Å². The molecule has 0 spiro atoms. The Labute approximate surface area is 177 Å². The summed E-state index contributed by atoms with van der Waals surface area (Å²) in [4.78, 5) is 43.1. The van der Waals surface area contributed by atoms with Crippen molar-refractivity contribution in [3.05, 3.63) is 63.4 Å². The van der Waals surface area contributed by atoms with Crippen LogP contribution in [0.3, 0.4) is 0 Å². The predicted molar refractivity (Wildman–Crippen MR) is 110 cm³/mol. The van der Waals surface area contributed by atoms with E-state index in [-0.39, 0.29) is 24.2 Å². The van der Waals surface area contributed by atoms with Crippen molar-refractivity contribution in [1.82, 2.24) is 9.55 Å². The van der Waals surface area contributed by atoms with E-state index in [0.29, 0.717) is 23.5 Å². The Balaban J connectivity index is 1.75. The first kappa shape index (κ1) is 19.4. The zero-order valence-electron chi connectivity index (χ0n) is 17.0. The topological polar surface area (TPSA) is 108 Å². The number of pyridine rings is 2. The lowest BCUT2D eigenvalue weighted by atomic mass is 9.85. The summed E-state index contributed by atoms with van der Waals surface area (Å²) in [5.74, 6) is -1.72. The Morgan fingerprint density at radius 1 is 1.32 bits per heavy atom. The summed E-state index contributed by atoms with van der Waals surface area (Å²) in [6.45, 7) is 3.07. The number of esters is 2. The molecule has 0 amide bonds. The monoisotopic (exact) mass is 420 g/mol. The molecular formula is C23H20N2O6. The SMILES string of the molecule is CC[C@@]1(OC(=O)C(C)O)C(=O)OCc2c1cc1n(c2=O)Cc2cc3ccccc3nc2-1. The first-order valence-electron chi connectivity index (χ1n) is 10.1. The molecule has 5 rings (SSSR count). The second-order valence-electron chi connectivity index (χ2n) is 7.86. The van der Waals surface area contributed by atoms with Gasteiger partial charge >= 0.3 is 11.9 Å². The van der Waals surface area contributed by atoms with Gasteiger partial charge < -0.3 is 19.1 Å². The molecule has 0 saturated heterocycles. The number of fused-ring (bicyclic) bond motifs is 5. The average Bonchev–Trinajstić information content (AvgIpc) is 3.12. The van der Waals surface area contributed by atoms with Crippen LogP contribution in [0.1, 0.15) is 37.0 Å². The van der Waals surface area contributed by atoms with Crippen molar-refractivity contribution in [2.45, 2.75) is 45.1 Å². The molecule has 0 aliphatic carbocycles. The number of carbonyl (C=O) groups is 2. The third kappa shape index (κ3) is 2.71. The van der Waals surface area contributed by atoms with Crippen molar-refractivity contribution in [3.8, 4) is 11.4 Å². The van der Waals surface area contributed by atoms with Gasteiger partial charge in [0.1, 0.15) is 12.7 Å². The van der Waals surface area contributed by atoms with Crippen molar-refractivity contribution in [1.29, 1.82) is 0 Å². The van der Waals surface area contributed by atoms with Gasteiger partial charge in [0.2, 0.25) is 5.60 Å². The quantitative estimate of drug-likeness (QED) is 0.505. The number of nitrogens with zero attached hydrogens (tertiary/aromatic N) is 2. The molecule has 31 heavy (non-hydrogen) atoms. The van der Waals surface area contributed by atoms with Crippen LogP contribution < -0.4 is 5.56 Å². The minimum atomic E-state index is -1.80. The number of para-hydroxylation sites is 1. The highest BCUT2D eigenvalue weighted by Gasteiger charge is 2.50. The molecule has 158 valence electrons. The molecule has 4 heterocycles. The van der Waals surface area contributed by atoms with Gasteiger partial charge in [-0.1, -0.05) is 25.1 Å². The fraction of sp³-hybridized carbons (Fsp3) is 0.304. The number of hydrogen-bond acceptors (Lipinski definition) is 7. The van der Waals surface area contributed by atoms with Crippen LogP contribution >= 0.6 is 0 Å². The molecule has 8 heteroatoms. The molecule has 2 aliphatic heterocycles. The third-order valence-corrected chi connectivity index (χ3v) is 6.00. The fourth-order valence-corrected chi connectivity index (χ4v) is 4.34. The van der Waals surface area contributed by atoms with Crippen LogP contribution in [0.15, 0.2) is 41.2 Å². The number of ether oxygens (including phenoxy) is 2. The van der Waals surface area contributed by atoms with E-state index in [0.717, 1.165) is 16.5 Å². The van der Waals surface area contributed by atoms with Gasteiger partial charge in [0.25, 0.3) is 5.56 Å². The molecule has 0 radical (unpaired) electrons. The van der Waals surface area contributed by atoms with E-state index in [1.807, 2.05) is 30.3 Å². The first-order chi connectivity index (χ1) is 14.9. The van der Waals surface area contributed by atoms with E-state index in [4.69, 9.17) is 14.5 Å². The molecule has 2 aromatic heterocycles. The van der Waals surface area contributed by atoms with Gasteiger partial charge in [0.05, 0.1) is 29.0 Å². The lowest BCUT2D eigenvalue weighted by molar-refractivity contribution is -0.193. The molecule has 2 aliphatic rings. The van der Waals surface area contributed by atoms with Crippen LogP contribution in [-0.4, -0.2) is 32.7 Å². The van der Waals surface area contributed by atoms with Crippen LogP contribution in [0.4, 0.5) is 0 Å². The van der Waals surface area contributed by atoms with Gasteiger partial charge in [-0.2, -0.15) is 0 Å². The van der Waals surface area contributed by atoms with Gasteiger partial charge in [-0.05, 0) is 31.5 Å². The van der Waals surface area contributed by atoms with Gasteiger partial charge in [-0.25, -0.2) is 14.6 Å². The Morgan fingerprint density at radius 3 is 2.84 bits per heavy atom. The van der Waals surface area contributed by atoms with E-state index < -0.39 is 23.6 Å². The van der Waals surface area contributed by atoms with E-state index in [9.17, 15) is 19.5 Å². The van der Waals surface area contributed by atoms with E-state index in [2.05, 4.69) is 0 Å². The summed E-state index contributed by atoms with van der Waals surface area (Å²) in [5, 5.41) is 10.6. The highest BCUT2D eigenvalue weighted by atomic mass is 16.6. The normalized spacial score (nSPS) is 19.9. The lowest BCUT2D eigenvalue weighted by Gasteiger charge is -2.35. The minimum Gasteiger partial charge on any atom is -0.457 e. The maximum atomic E-state index is 13.4. The van der Waals surface area contributed by atoms with Crippen molar-refractivity contribution in [2.75, 3.05) is 0 Å². The van der Waals surface area contributed by atoms with Crippen LogP contribution in [-0.2, 0) is 37.8 Å². The zero-order valence-corrected chi connectivity index (χ0v) is 17.0. The average molecular weight is 420 g/mol.